The molecule has 0 unspecified atom stereocenters. The van der Waals surface area contributed by atoms with Crippen molar-refractivity contribution in [2.45, 2.75) is 26.7 Å². The molecule has 62 valence electrons. The molecule has 0 aliphatic heterocycles. The molecule has 0 bridgehead atoms. The van der Waals surface area contributed by atoms with Crippen LogP contribution in [0.2, 0.25) is 0 Å². The zero-order valence-corrected chi connectivity index (χ0v) is 7.34. The Kier molecular flexibility index (Phi) is 3.21. The van der Waals surface area contributed by atoms with Crippen molar-refractivity contribution in [3.63, 3.8) is 0 Å². The quantitative estimate of drug-likeness (QED) is 0.604. The van der Waals surface area contributed by atoms with Gasteiger partial charge in [-0.25, -0.2) is 0 Å². The highest BCUT2D eigenvalue weighted by molar-refractivity contribution is 5.17. The first kappa shape index (κ1) is 8.38. The van der Waals surface area contributed by atoms with Crippen molar-refractivity contribution in [1.29, 1.82) is 0 Å². The van der Waals surface area contributed by atoms with Gasteiger partial charge in [0.1, 0.15) is 5.76 Å². The van der Waals surface area contributed by atoms with Crippen LogP contribution < -0.4 is 0 Å². The van der Waals surface area contributed by atoms with Crippen LogP contribution >= 0.6 is 0 Å². The highest BCUT2D eigenvalue weighted by Gasteiger charge is 2.02. The predicted octanol–water partition coefficient (Wildman–Crippen LogP) is 2.89. The topological polar surface area (TPSA) is 9.23 Å². The van der Waals surface area contributed by atoms with Crippen LogP contribution in [0.15, 0.2) is 24.0 Å². The molecule has 1 atom stereocenters. The van der Waals surface area contributed by atoms with Crippen LogP contribution in [0.25, 0.3) is 0 Å². The summed E-state index contributed by atoms with van der Waals surface area (Å²) in [6, 6.07) is 0. The summed E-state index contributed by atoms with van der Waals surface area (Å²) in [6.45, 7) is 5.17. The molecular weight excluding hydrogens is 136 g/mol. The van der Waals surface area contributed by atoms with E-state index in [1.54, 1.807) is 0 Å². The van der Waals surface area contributed by atoms with Gasteiger partial charge < -0.3 is 4.74 Å². The Labute approximate surface area is 68.8 Å². The van der Waals surface area contributed by atoms with Gasteiger partial charge in [-0.05, 0) is 30.9 Å². The van der Waals surface area contributed by atoms with Gasteiger partial charge in [0.25, 0.3) is 0 Å². The van der Waals surface area contributed by atoms with Gasteiger partial charge in [-0.1, -0.05) is 19.9 Å². The Bertz CT molecular complexity index is 168. The van der Waals surface area contributed by atoms with E-state index in [1.165, 1.54) is 0 Å². The second-order valence-electron chi connectivity index (χ2n) is 3.03. The number of hydrogen-bond acceptors (Lipinski definition) is 1. The molecule has 0 aromatic heterocycles. The molecule has 1 nitrogen and oxygen atoms in total. The molecule has 0 aromatic carbocycles. The normalized spacial score (nSPS) is 23.1. The summed E-state index contributed by atoms with van der Waals surface area (Å²) in [5, 5.41) is 0. The maximum Gasteiger partial charge on any atom is 0.115 e. The van der Waals surface area contributed by atoms with Gasteiger partial charge in [-0.2, -0.15) is 0 Å². The molecule has 0 spiro atoms. The lowest BCUT2D eigenvalue weighted by Crippen LogP contribution is -1.98. The fraction of sp³-hybridized carbons (Fsp3) is 0.600. The molecule has 0 N–H and O–H groups in total. The number of hydrogen-bond donors (Lipinski definition) is 0. The summed E-state index contributed by atoms with van der Waals surface area (Å²) < 4.78 is 5.45. The highest BCUT2D eigenvalue weighted by Crippen LogP contribution is 2.15. The van der Waals surface area contributed by atoms with Gasteiger partial charge in [0.2, 0.25) is 0 Å². The third-order valence-corrected chi connectivity index (χ3v) is 1.75. The number of allylic oxidation sites excluding steroid dienone is 3. The summed E-state index contributed by atoms with van der Waals surface area (Å²) in [6.07, 6.45) is 8.64. The largest absolute Gasteiger partial charge is 0.494 e. The van der Waals surface area contributed by atoms with Crippen molar-refractivity contribution >= 4 is 0 Å². The minimum absolute atomic E-state index is 0.684. The Morgan fingerprint density at radius 1 is 1.64 bits per heavy atom. The minimum Gasteiger partial charge on any atom is -0.494 e. The molecular formula is C10H16O. The summed E-state index contributed by atoms with van der Waals surface area (Å²) in [4.78, 5) is 0. The fourth-order valence-electron chi connectivity index (χ4n) is 1.03. The Morgan fingerprint density at radius 2 is 2.45 bits per heavy atom. The van der Waals surface area contributed by atoms with E-state index in [0.717, 1.165) is 25.2 Å². The van der Waals surface area contributed by atoms with Crippen molar-refractivity contribution < 1.29 is 4.74 Å². The van der Waals surface area contributed by atoms with Crippen LogP contribution in [0.3, 0.4) is 0 Å². The summed E-state index contributed by atoms with van der Waals surface area (Å²) in [5.74, 6) is 1.73. The Hall–Kier alpha value is -0.720. The smallest absolute Gasteiger partial charge is 0.115 e. The molecule has 0 heterocycles. The Balaban J connectivity index is 2.31. The lowest BCUT2D eigenvalue weighted by atomic mass is 10.0. The molecule has 1 rings (SSSR count). The SMILES string of the molecule is CCCOC1=CC[C@H](C)C=C1. The number of rotatable bonds is 3. The molecule has 1 aliphatic carbocycles. The van der Waals surface area contributed by atoms with Crippen LogP contribution in [0.4, 0.5) is 0 Å². The summed E-state index contributed by atoms with van der Waals surface area (Å²) in [7, 11) is 0. The van der Waals surface area contributed by atoms with Crippen LogP contribution in [-0.2, 0) is 4.74 Å². The number of ether oxygens (including phenoxy) is 1. The summed E-state index contributed by atoms with van der Waals surface area (Å²) >= 11 is 0. The van der Waals surface area contributed by atoms with Crippen molar-refractivity contribution in [2.24, 2.45) is 5.92 Å². The van der Waals surface area contributed by atoms with Crippen molar-refractivity contribution in [1.82, 2.24) is 0 Å². The van der Waals surface area contributed by atoms with E-state index in [1.807, 2.05) is 0 Å². The second kappa shape index (κ2) is 4.22. The molecule has 0 amide bonds. The maximum absolute atomic E-state index is 5.45. The van der Waals surface area contributed by atoms with Gasteiger partial charge in [0, 0.05) is 0 Å². The lowest BCUT2D eigenvalue weighted by Gasteiger charge is -2.12. The van der Waals surface area contributed by atoms with Crippen LogP contribution in [0.1, 0.15) is 26.7 Å². The summed E-state index contributed by atoms with van der Waals surface area (Å²) in [5.41, 5.74) is 0. The zero-order chi connectivity index (χ0) is 8.10. The van der Waals surface area contributed by atoms with E-state index >= 15 is 0 Å². The van der Waals surface area contributed by atoms with Gasteiger partial charge in [-0.3, -0.25) is 0 Å². The van der Waals surface area contributed by atoms with Gasteiger partial charge in [0.15, 0.2) is 0 Å². The van der Waals surface area contributed by atoms with Crippen molar-refractivity contribution in [3.8, 4) is 0 Å². The maximum atomic E-state index is 5.45. The van der Waals surface area contributed by atoms with Gasteiger partial charge in [0.05, 0.1) is 6.61 Å². The molecule has 0 aromatic rings. The van der Waals surface area contributed by atoms with E-state index in [9.17, 15) is 0 Å². The molecule has 0 radical (unpaired) electrons. The van der Waals surface area contributed by atoms with Gasteiger partial charge >= 0.3 is 0 Å². The first-order valence-electron chi connectivity index (χ1n) is 4.34. The average molecular weight is 152 g/mol. The molecule has 11 heavy (non-hydrogen) atoms. The van der Waals surface area contributed by atoms with Crippen LogP contribution in [0, 0.1) is 5.92 Å². The Morgan fingerprint density at radius 3 is 3.00 bits per heavy atom. The first-order chi connectivity index (χ1) is 5.33. The third kappa shape index (κ3) is 2.79. The standard InChI is InChI=1S/C10H16O/c1-3-8-11-10-6-4-9(2)5-7-10/h4,6-7,9H,3,5,8H2,1-2H3/t9-/m1/s1. The molecule has 0 fully saturated rings. The van der Waals surface area contributed by atoms with Crippen molar-refractivity contribution in [2.75, 3.05) is 6.61 Å². The van der Waals surface area contributed by atoms with Crippen molar-refractivity contribution in [3.05, 3.63) is 24.0 Å². The van der Waals surface area contributed by atoms with Gasteiger partial charge in [-0.15, -0.1) is 0 Å². The molecule has 1 aliphatic rings. The van der Waals surface area contributed by atoms with E-state index < -0.39 is 0 Å². The fourth-order valence-corrected chi connectivity index (χ4v) is 1.03. The molecule has 0 saturated carbocycles. The first-order valence-corrected chi connectivity index (χ1v) is 4.34. The molecule has 1 heteroatoms. The minimum atomic E-state index is 0.684. The second-order valence-corrected chi connectivity index (χ2v) is 3.03. The highest BCUT2D eigenvalue weighted by atomic mass is 16.5. The predicted molar refractivity (Wildman–Crippen MR) is 47.2 cm³/mol. The van der Waals surface area contributed by atoms with E-state index in [0.29, 0.717) is 5.92 Å². The van der Waals surface area contributed by atoms with Crippen LogP contribution in [0.5, 0.6) is 0 Å². The van der Waals surface area contributed by atoms with Crippen LogP contribution in [-0.4, -0.2) is 6.61 Å². The monoisotopic (exact) mass is 152 g/mol. The third-order valence-electron chi connectivity index (χ3n) is 1.75. The lowest BCUT2D eigenvalue weighted by molar-refractivity contribution is 0.221. The average Bonchev–Trinajstić information content (AvgIpc) is 2.04. The van der Waals surface area contributed by atoms with E-state index in [2.05, 4.69) is 32.1 Å². The molecule has 0 saturated heterocycles. The zero-order valence-electron chi connectivity index (χ0n) is 7.34. The van der Waals surface area contributed by atoms with E-state index in [-0.39, 0.29) is 0 Å². The van der Waals surface area contributed by atoms with E-state index in [4.69, 9.17) is 4.74 Å².